The summed E-state index contributed by atoms with van der Waals surface area (Å²) >= 11 is 0. The van der Waals surface area contributed by atoms with Crippen molar-refractivity contribution in [2.24, 2.45) is 5.92 Å². The molecule has 0 saturated heterocycles. The Morgan fingerprint density at radius 3 is 2.31 bits per heavy atom. The van der Waals surface area contributed by atoms with Crippen LogP contribution in [0.5, 0.6) is 0 Å². The number of furan rings is 1. The quantitative estimate of drug-likeness (QED) is 0.573. The van der Waals surface area contributed by atoms with Crippen LogP contribution < -0.4 is 21.3 Å². The lowest BCUT2D eigenvalue weighted by molar-refractivity contribution is -0.128. The number of amides is 4. The lowest BCUT2D eigenvalue weighted by Gasteiger charge is -2.17. The molecule has 0 bridgehead atoms. The van der Waals surface area contributed by atoms with Crippen LogP contribution in [0.3, 0.4) is 0 Å². The minimum atomic E-state index is -0.617. The second-order valence-corrected chi connectivity index (χ2v) is 7.17. The highest BCUT2D eigenvalue weighted by Crippen LogP contribution is 2.24. The predicted octanol–water partition coefficient (Wildman–Crippen LogP) is 3.23. The van der Waals surface area contributed by atoms with Gasteiger partial charge in [0.25, 0.3) is 0 Å². The van der Waals surface area contributed by atoms with E-state index in [4.69, 9.17) is 4.42 Å². The number of benzene rings is 1. The molecule has 3 rings (SSSR count). The molecule has 4 amide bonds. The fraction of sp³-hybridized carbons (Fsp3) is 0.381. The van der Waals surface area contributed by atoms with Crippen molar-refractivity contribution in [2.75, 3.05) is 10.6 Å². The van der Waals surface area contributed by atoms with E-state index in [0.717, 1.165) is 25.7 Å². The normalized spacial score (nSPS) is 14.8. The monoisotopic (exact) mass is 398 g/mol. The van der Waals surface area contributed by atoms with Gasteiger partial charge in [-0.05, 0) is 56.2 Å². The summed E-state index contributed by atoms with van der Waals surface area (Å²) in [5.41, 5.74) is 1.17. The SMILES string of the molecule is CC(NC(=O)C1CCCC1)C(=O)Nc1ccc(NC(=O)NCc2ccco2)cc1. The lowest BCUT2D eigenvalue weighted by Crippen LogP contribution is -2.43. The number of hydrogen-bond acceptors (Lipinski definition) is 4. The fourth-order valence-corrected chi connectivity index (χ4v) is 3.23. The van der Waals surface area contributed by atoms with Crippen LogP contribution in [-0.4, -0.2) is 23.9 Å². The molecule has 0 radical (unpaired) electrons. The van der Waals surface area contributed by atoms with E-state index in [1.165, 1.54) is 0 Å². The van der Waals surface area contributed by atoms with Crippen LogP contribution in [0.2, 0.25) is 0 Å². The van der Waals surface area contributed by atoms with Gasteiger partial charge in [0, 0.05) is 17.3 Å². The highest BCUT2D eigenvalue weighted by atomic mass is 16.3. The first-order chi connectivity index (χ1) is 14.0. The van der Waals surface area contributed by atoms with Gasteiger partial charge in [0.1, 0.15) is 11.8 Å². The Labute approximate surface area is 169 Å². The third-order valence-electron chi connectivity index (χ3n) is 4.89. The zero-order chi connectivity index (χ0) is 20.6. The first-order valence-corrected chi connectivity index (χ1v) is 9.80. The molecule has 2 aromatic rings. The Morgan fingerprint density at radius 1 is 1.03 bits per heavy atom. The molecule has 4 N–H and O–H groups in total. The highest BCUT2D eigenvalue weighted by Gasteiger charge is 2.25. The van der Waals surface area contributed by atoms with Crippen molar-refractivity contribution < 1.29 is 18.8 Å². The van der Waals surface area contributed by atoms with Gasteiger partial charge >= 0.3 is 6.03 Å². The molecule has 1 aliphatic rings. The van der Waals surface area contributed by atoms with E-state index in [1.54, 1.807) is 49.6 Å². The summed E-state index contributed by atoms with van der Waals surface area (Å²) in [7, 11) is 0. The average Bonchev–Trinajstić information content (AvgIpc) is 3.42. The maximum Gasteiger partial charge on any atom is 0.319 e. The van der Waals surface area contributed by atoms with Gasteiger partial charge in [0.2, 0.25) is 11.8 Å². The summed E-state index contributed by atoms with van der Waals surface area (Å²) in [5.74, 6) is 0.348. The number of anilines is 2. The first-order valence-electron chi connectivity index (χ1n) is 9.80. The smallest absolute Gasteiger partial charge is 0.319 e. The Kier molecular flexibility index (Phi) is 6.89. The molecule has 1 aliphatic carbocycles. The number of carbonyl (C=O) groups excluding carboxylic acids is 3. The summed E-state index contributed by atoms with van der Waals surface area (Å²) in [6.07, 6.45) is 5.47. The van der Waals surface area contributed by atoms with Crippen molar-refractivity contribution in [3.05, 3.63) is 48.4 Å². The van der Waals surface area contributed by atoms with Gasteiger partial charge in [0.15, 0.2) is 0 Å². The maximum atomic E-state index is 12.3. The van der Waals surface area contributed by atoms with Crippen LogP contribution in [0.1, 0.15) is 38.4 Å². The molecular formula is C21H26N4O4. The van der Waals surface area contributed by atoms with Crippen molar-refractivity contribution in [1.29, 1.82) is 0 Å². The first kappa shape index (κ1) is 20.4. The Bertz CT molecular complexity index is 827. The van der Waals surface area contributed by atoms with Crippen molar-refractivity contribution in [2.45, 2.75) is 45.2 Å². The summed E-state index contributed by atoms with van der Waals surface area (Å²) in [4.78, 5) is 36.4. The van der Waals surface area contributed by atoms with Crippen LogP contribution in [0.15, 0.2) is 47.1 Å². The van der Waals surface area contributed by atoms with Gasteiger partial charge in [-0.25, -0.2) is 4.79 Å². The molecule has 1 aromatic carbocycles. The minimum absolute atomic E-state index is 0.0227. The highest BCUT2D eigenvalue weighted by molar-refractivity contribution is 5.97. The molecule has 1 unspecified atom stereocenters. The number of nitrogens with one attached hydrogen (secondary N) is 4. The number of rotatable bonds is 7. The van der Waals surface area contributed by atoms with E-state index in [-0.39, 0.29) is 30.3 Å². The molecule has 8 nitrogen and oxygen atoms in total. The zero-order valence-corrected chi connectivity index (χ0v) is 16.4. The van der Waals surface area contributed by atoms with Crippen molar-refractivity contribution in [1.82, 2.24) is 10.6 Å². The van der Waals surface area contributed by atoms with Crippen molar-refractivity contribution in [3.63, 3.8) is 0 Å². The summed E-state index contributed by atoms with van der Waals surface area (Å²) in [6.45, 7) is 1.96. The van der Waals surface area contributed by atoms with E-state index >= 15 is 0 Å². The van der Waals surface area contributed by atoms with Crippen LogP contribution in [0, 0.1) is 5.92 Å². The Hall–Kier alpha value is -3.29. The van der Waals surface area contributed by atoms with E-state index in [0.29, 0.717) is 17.1 Å². The molecular weight excluding hydrogens is 372 g/mol. The molecule has 1 aromatic heterocycles. The minimum Gasteiger partial charge on any atom is -0.467 e. The Morgan fingerprint density at radius 2 is 1.69 bits per heavy atom. The Balaban J connectivity index is 1.43. The van der Waals surface area contributed by atoms with Crippen LogP contribution in [0.25, 0.3) is 0 Å². The standard InChI is InChI=1S/C21H26N4O4/c1-14(23-20(27)15-5-2-3-6-15)19(26)24-16-8-10-17(11-9-16)25-21(28)22-13-18-7-4-12-29-18/h4,7-12,14-15H,2-3,5-6,13H2,1H3,(H,23,27)(H,24,26)(H2,22,25,28). The fourth-order valence-electron chi connectivity index (χ4n) is 3.23. The largest absolute Gasteiger partial charge is 0.467 e. The second-order valence-electron chi connectivity index (χ2n) is 7.17. The van der Waals surface area contributed by atoms with Gasteiger partial charge in [0.05, 0.1) is 12.8 Å². The lowest BCUT2D eigenvalue weighted by atomic mass is 10.1. The number of urea groups is 1. The van der Waals surface area contributed by atoms with Crippen LogP contribution in [0.4, 0.5) is 16.2 Å². The van der Waals surface area contributed by atoms with Crippen LogP contribution in [-0.2, 0) is 16.1 Å². The van der Waals surface area contributed by atoms with E-state index in [9.17, 15) is 14.4 Å². The van der Waals surface area contributed by atoms with Crippen molar-refractivity contribution in [3.8, 4) is 0 Å². The van der Waals surface area contributed by atoms with Gasteiger partial charge in [-0.15, -0.1) is 0 Å². The molecule has 1 heterocycles. The van der Waals surface area contributed by atoms with Gasteiger partial charge in [-0.1, -0.05) is 12.8 Å². The van der Waals surface area contributed by atoms with Gasteiger partial charge < -0.3 is 25.7 Å². The zero-order valence-electron chi connectivity index (χ0n) is 16.4. The molecule has 1 saturated carbocycles. The molecule has 154 valence electrons. The van der Waals surface area contributed by atoms with E-state index in [1.807, 2.05) is 0 Å². The topological polar surface area (TPSA) is 112 Å². The summed E-state index contributed by atoms with van der Waals surface area (Å²) in [6, 6.07) is 9.29. The second kappa shape index (κ2) is 9.77. The number of hydrogen-bond donors (Lipinski definition) is 4. The van der Waals surface area contributed by atoms with Crippen molar-refractivity contribution >= 4 is 29.2 Å². The summed E-state index contributed by atoms with van der Waals surface area (Å²) in [5, 5.41) is 10.9. The maximum absolute atomic E-state index is 12.3. The molecule has 8 heteroatoms. The molecule has 1 fully saturated rings. The average molecular weight is 398 g/mol. The molecule has 1 atom stereocenters. The third-order valence-corrected chi connectivity index (χ3v) is 4.89. The van der Waals surface area contributed by atoms with Gasteiger partial charge in [-0.3, -0.25) is 9.59 Å². The van der Waals surface area contributed by atoms with Gasteiger partial charge in [-0.2, -0.15) is 0 Å². The van der Waals surface area contributed by atoms with E-state index in [2.05, 4.69) is 21.3 Å². The number of carbonyl (C=O) groups is 3. The van der Waals surface area contributed by atoms with E-state index < -0.39 is 6.04 Å². The predicted molar refractivity (Wildman–Crippen MR) is 109 cm³/mol. The molecule has 29 heavy (non-hydrogen) atoms. The molecule has 0 aliphatic heterocycles. The molecule has 0 spiro atoms. The third kappa shape index (κ3) is 6.10. The summed E-state index contributed by atoms with van der Waals surface area (Å²) < 4.78 is 5.15. The van der Waals surface area contributed by atoms with Crippen LogP contribution >= 0.6 is 0 Å².